The Morgan fingerprint density at radius 1 is 1.00 bits per heavy atom. The first kappa shape index (κ1) is 21.6. The molecule has 0 saturated heterocycles. The number of nitrogens with zero attached hydrogens (tertiary/aromatic N) is 1. The van der Waals surface area contributed by atoms with Crippen molar-refractivity contribution in [1.82, 2.24) is 10.3 Å². The van der Waals surface area contributed by atoms with Crippen LogP contribution < -0.4 is 25.4 Å². The highest BCUT2D eigenvalue weighted by Crippen LogP contribution is 2.27. The summed E-state index contributed by atoms with van der Waals surface area (Å²) in [4.78, 5) is 27.6. The monoisotopic (exact) mass is 420 g/mol. The number of benzene rings is 2. The number of pyridine rings is 1. The van der Waals surface area contributed by atoms with Crippen LogP contribution in [0.25, 0.3) is 0 Å². The number of amides is 3. The first-order valence-electron chi connectivity index (χ1n) is 9.64. The van der Waals surface area contributed by atoms with Gasteiger partial charge in [0.25, 0.3) is 0 Å². The van der Waals surface area contributed by atoms with E-state index in [2.05, 4.69) is 20.9 Å². The van der Waals surface area contributed by atoms with Crippen molar-refractivity contribution in [3.05, 3.63) is 78.1 Å². The van der Waals surface area contributed by atoms with Gasteiger partial charge in [0.1, 0.15) is 18.1 Å². The zero-order valence-corrected chi connectivity index (χ0v) is 17.3. The maximum absolute atomic E-state index is 12.3. The molecule has 0 bridgehead atoms. The molecule has 1 heterocycles. The number of carbonyl (C=O) groups is 2. The van der Waals surface area contributed by atoms with E-state index in [0.717, 1.165) is 16.9 Å². The number of ether oxygens (including phenoxy) is 2. The van der Waals surface area contributed by atoms with Crippen molar-refractivity contribution in [3.8, 4) is 11.5 Å². The van der Waals surface area contributed by atoms with E-state index in [1.807, 2.05) is 36.4 Å². The summed E-state index contributed by atoms with van der Waals surface area (Å²) in [7, 11) is 1.51. The fraction of sp³-hybridized carbons (Fsp3) is 0.174. The van der Waals surface area contributed by atoms with Gasteiger partial charge in [-0.3, -0.25) is 9.78 Å². The van der Waals surface area contributed by atoms with Crippen LogP contribution in [0.5, 0.6) is 11.5 Å². The molecule has 8 heteroatoms. The largest absolute Gasteiger partial charge is 0.495 e. The number of rotatable bonds is 8. The van der Waals surface area contributed by atoms with Crippen LogP contribution >= 0.6 is 0 Å². The van der Waals surface area contributed by atoms with Gasteiger partial charge in [-0.25, -0.2) is 4.79 Å². The molecule has 31 heavy (non-hydrogen) atoms. The summed E-state index contributed by atoms with van der Waals surface area (Å²) in [6.45, 7) is 2.19. The second-order valence-corrected chi connectivity index (χ2v) is 6.70. The van der Waals surface area contributed by atoms with Crippen LogP contribution in [0.3, 0.4) is 0 Å². The van der Waals surface area contributed by atoms with E-state index in [4.69, 9.17) is 9.47 Å². The molecule has 0 aliphatic rings. The van der Waals surface area contributed by atoms with E-state index in [1.165, 1.54) is 14.0 Å². The Bertz CT molecular complexity index is 1020. The van der Waals surface area contributed by atoms with E-state index in [-0.39, 0.29) is 5.91 Å². The first-order valence-corrected chi connectivity index (χ1v) is 9.64. The van der Waals surface area contributed by atoms with E-state index >= 15 is 0 Å². The Balaban J connectivity index is 1.52. The second kappa shape index (κ2) is 10.6. The summed E-state index contributed by atoms with van der Waals surface area (Å²) in [5.41, 5.74) is 2.92. The maximum Gasteiger partial charge on any atom is 0.319 e. The minimum Gasteiger partial charge on any atom is -0.495 e. The number of aromatic nitrogens is 1. The summed E-state index contributed by atoms with van der Waals surface area (Å²) in [6, 6.07) is 15.9. The third-order valence-electron chi connectivity index (χ3n) is 4.27. The lowest BCUT2D eigenvalue weighted by atomic mass is 10.2. The van der Waals surface area contributed by atoms with Crippen LogP contribution in [0.15, 0.2) is 67.0 Å². The molecule has 3 rings (SSSR count). The third kappa shape index (κ3) is 6.74. The van der Waals surface area contributed by atoms with E-state index < -0.39 is 6.03 Å². The van der Waals surface area contributed by atoms with Gasteiger partial charge in [-0.2, -0.15) is 0 Å². The number of nitrogens with one attached hydrogen (secondary N) is 3. The quantitative estimate of drug-likeness (QED) is 0.512. The zero-order valence-electron chi connectivity index (χ0n) is 17.3. The SMILES string of the molecule is COc1ccc(NC(C)=O)cc1NC(=O)NCc1ccc(OCc2cccnc2)cc1. The lowest BCUT2D eigenvalue weighted by Crippen LogP contribution is -2.28. The van der Waals surface area contributed by atoms with Crippen molar-refractivity contribution in [2.24, 2.45) is 0 Å². The predicted molar refractivity (Wildman–Crippen MR) is 118 cm³/mol. The molecule has 1 aromatic heterocycles. The summed E-state index contributed by atoms with van der Waals surface area (Å²) in [6.07, 6.45) is 3.48. The van der Waals surface area contributed by atoms with Crippen LogP contribution in [-0.4, -0.2) is 24.0 Å². The Kier molecular flexibility index (Phi) is 7.42. The summed E-state index contributed by atoms with van der Waals surface area (Å²) in [5, 5.41) is 8.20. The van der Waals surface area contributed by atoms with Crippen LogP contribution in [0.1, 0.15) is 18.1 Å². The average molecular weight is 420 g/mol. The van der Waals surface area contributed by atoms with Crippen LogP contribution in [0.4, 0.5) is 16.2 Å². The van der Waals surface area contributed by atoms with E-state index in [0.29, 0.717) is 30.3 Å². The van der Waals surface area contributed by atoms with Crippen LogP contribution in [0, 0.1) is 0 Å². The van der Waals surface area contributed by atoms with Crippen LogP contribution in [0.2, 0.25) is 0 Å². The number of anilines is 2. The third-order valence-corrected chi connectivity index (χ3v) is 4.27. The fourth-order valence-electron chi connectivity index (χ4n) is 2.79. The van der Waals surface area contributed by atoms with Gasteiger partial charge in [-0.05, 0) is 42.0 Å². The smallest absolute Gasteiger partial charge is 0.319 e. The number of urea groups is 1. The zero-order chi connectivity index (χ0) is 22.1. The molecule has 3 aromatic rings. The Hall–Kier alpha value is -4.07. The highest BCUT2D eigenvalue weighted by atomic mass is 16.5. The van der Waals surface area contributed by atoms with Gasteiger partial charge in [-0.1, -0.05) is 18.2 Å². The highest BCUT2D eigenvalue weighted by Gasteiger charge is 2.09. The average Bonchev–Trinajstić information content (AvgIpc) is 2.77. The second-order valence-electron chi connectivity index (χ2n) is 6.70. The van der Waals surface area contributed by atoms with Gasteiger partial charge >= 0.3 is 6.03 Å². The normalized spacial score (nSPS) is 10.1. The van der Waals surface area contributed by atoms with E-state index in [9.17, 15) is 9.59 Å². The van der Waals surface area contributed by atoms with Crippen molar-refractivity contribution in [1.29, 1.82) is 0 Å². The molecule has 0 saturated carbocycles. The van der Waals surface area contributed by atoms with Gasteiger partial charge in [0.05, 0.1) is 12.8 Å². The fourth-order valence-corrected chi connectivity index (χ4v) is 2.79. The maximum atomic E-state index is 12.3. The highest BCUT2D eigenvalue weighted by molar-refractivity contribution is 5.94. The van der Waals surface area contributed by atoms with Crippen molar-refractivity contribution >= 4 is 23.3 Å². The lowest BCUT2D eigenvalue weighted by molar-refractivity contribution is -0.114. The van der Waals surface area contributed by atoms with Crippen molar-refractivity contribution in [2.45, 2.75) is 20.1 Å². The molecule has 0 atom stereocenters. The Morgan fingerprint density at radius 3 is 2.48 bits per heavy atom. The van der Waals surface area contributed by atoms with Gasteiger partial charge in [0.15, 0.2) is 0 Å². The Labute approximate surface area is 180 Å². The number of methoxy groups -OCH3 is 1. The van der Waals surface area contributed by atoms with Crippen LogP contribution in [-0.2, 0) is 17.9 Å². The van der Waals surface area contributed by atoms with Gasteiger partial charge in [0.2, 0.25) is 5.91 Å². The molecule has 0 fully saturated rings. The molecule has 0 radical (unpaired) electrons. The van der Waals surface area contributed by atoms with Gasteiger partial charge in [0, 0.05) is 37.1 Å². The minimum atomic E-state index is -0.393. The first-order chi connectivity index (χ1) is 15.0. The molecule has 8 nitrogen and oxygen atoms in total. The molecule has 3 N–H and O–H groups in total. The van der Waals surface area contributed by atoms with Crippen molar-refractivity contribution < 1.29 is 19.1 Å². The standard InChI is InChI=1S/C23H24N4O4/c1-16(28)26-19-7-10-22(30-2)21(12-19)27-23(29)25-14-17-5-8-20(9-6-17)31-15-18-4-3-11-24-13-18/h3-13H,14-15H2,1-2H3,(H,26,28)(H2,25,27,29). The molecule has 160 valence electrons. The summed E-state index contributed by atoms with van der Waals surface area (Å²) in [5.74, 6) is 1.02. The molecule has 0 aliphatic carbocycles. The molecular formula is C23H24N4O4. The molecule has 0 unspecified atom stereocenters. The van der Waals surface area contributed by atoms with Gasteiger partial charge in [-0.15, -0.1) is 0 Å². The predicted octanol–water partition coefficient (Wildman–Crippen LogP) is 3.95. The van der Waals surface area contributed by atoms with Gasteiger partial charge < -0.3 is 25.4 Å². The topological polar surface area (TPSA) is 102 Å². The molecule has 0 aliphatic heterocycles. The van der Waals surface area contributed by atoms with E-state index in [1.54, 1.807) is 30.6 Å². The van der Waals surface area contributed by atoms with Crippen molar-refractivity contribution in [3.63, 3.8) is 0 Å². The molecule has 0 spiro atoms. The number of hydrogen-bond acceptors (Lipinski definition) is 5. The number of carbonyl (C=O) groups excluding carboxylic acids is 2. The summed E-state index contributed by atoms with van der Waals surface area (Å²) < 4.78 is 11.0. The molecule has 2 aromatic carbocycles. The lowest BCUT2D eigenvalue weighted by Gasteiger charge is -2.13. The Morgan fingerprint density at radius 2 is 1.81 bits per heavy atom. The molecule has 3 amide bonds. The molecular weight excluding hydrogens is 396 g/mol. The minimum absolute atomic E-state index is 0.201. The summed E-state index contributed by atoms with van der Waals surface area (Å²) >= 11 is 0. The number of hydrogen-bond donors (Lipinski definition) is 3. The van der Waals surface area contributed by atoms with Crippen molar-refractivity contribution in [2.75, 3.05) is 17.7 Å².